The van der Waals surface area contributed by atoms with Crippen molar-refractivity contribution in [2.24, 2.45) is 0 Å². The Hall–Kier alpha value is -3.32. The van der Waals surface area contributed by atoms with E-state index in [-0.39, 0.29) is 11.9 Å². The summed E-state index contributed by atoms with van der Waals surface area (Å²) in [5.41, 5.74) is 9.59. The molecule has 1 heterocycles. The van der Waals surface area contributed by atoms with Crippen molar-refractivity contribution in [3.05, 3.63) is 59.8 Å². The lowest BCUT2D eigenvalue weighted by Gasteiger charge is -2.16. The number of ether oxygens (including phenoxy) is 2. The number of esters is 1. The fourth-order valence-electron chi connectivity index (χ4n) is 3.12. The zero-order valence-electron chi connectivity index (χ0n) is 16.8. The highest BCUT2D eigenvalue weighted by molar-refractivity contribution is 6.01. The highest BCUT2D eigenvalue weighted by atomic mass is 16.5. The van der Waals surface area contributed by atoms with Crippen LogP contribution >= 0.6 is 0 Å². The van der Waals surface area contributed by atoms with Gasteiger partial charge in [0.15, 0.2) is 0 Å². The number of carbonyl (C=O) groups is 2. The first-order valence-electron chi connectivity index (χ1n) is 9.38. The third kappa shape index (κ3) is 4.25. The molecule has 1 amide bonds. The highest BCUT2D eigenvalue weighted by Gasteiger charge is 2.15. The van der Waals surface area contributed by atoms with Gasteiger partial charge in [0.25, 0.3) is 5.91 Å². The van der Waals surface area contributed by atoms with Crippen LogP contribution in [-0.4, -0.2) is 55.3 Å². The molecule has 0 aliphatic rings. The molecule has 2 aromatic carbocycles. The van der Waals surface area contributed by atoms with Gasteiger partial charge in [-0.2, -0.15) is 0 Å². The average Bonchev–Trinajstić information content (AvgIpc) is 3.07. The number of nitrogen functional groups attached to an aromatic ring is 1. The van der Waals surface area contributed by atoms with Crippen LogP contribution in [-0.2, 0) is 9.47 Å². The Bertz CT molecular complexity index is 1020. The molecular formula is C22H25N3O4. The number of nitrogens with zero attached hydrogens (tertiary/aromatic N) is 2. The molecule has 7 heteroatoms. The number of methoxy groups -OCH3 is 1. The zero-order chi connectivity index (χ0) is 21.0. The summed E-state index contributed by atoms with van der Waals surface area (Å²) in [6.45, 7) is 3.10. The predicted molar refractivity (Wildman–Crippen MR) is 112 cm³/mol. The highest BCUT2D eigenvalue weighted by Crippen LogP contribution is 2.28. The second-order valence-electron chi connectivity index (χ2n) is 6.67. The van der Waals surface area contributed by atoms with Crippen LogP contribution in [0.15, 0.2) is 48.7 Å². The second-order valence-corrected chi connectivity index (χ2v) is 6.67. The molecular weight excluding hydrogens is 370 g/mol. The number of hydrogen-bond acceptors (Lipinski definition) is 5. The largest absolute Gasteiger partial charge is 0.462 e. The van der Waals surface area contributed by atoms with Crippen molar-refractivity contribution in [1.29, 1.82) is 0 Å². The molecule has 0 radical (unpaired) electrons. The number of likely N-dealkylation sites (N-methyl/N-ethyl adjacent to an activating group) is 1. The van der Waals surface area contributed by atoms with E-state index in [0.29, 0.717) is 36.6 Å². The molecule has 0 unspecified atom stereocenters. The quantitative estimate of drug-likeness (QED) is 0.621. The molecule has 7 nitrogen and oxygen atoms in total. The summed E-state index contributed by atoms with van der Waals surface area (Å²) in [4.78, 5) is 26.1. The monoisotopic (exact) mass is 395 g/mol. The molecule has 29 heavy (non-hydrogen) atoms. The number of carbonyl (C=O) groups excluding carboxylic acids is 2. The Balaban J connectivity index is 1.91. The fourth-order valence-corrected chi connectivity index (χ4v) is 3.12. The molecule has 0 spiro atoms. The Morgan fingerprint density at radius 1 is 1.10 bits per heavy atom. The van der Waals surface area contributed by atoms with Crippen LogP contribution in [0.5, 0.6) is 0 Å². The van der Waals surface area contributed by atoms with Gasteiger partial charge in [0.05, 0.1) is 30.0 Å². The average molecular weight is 395 g/mol. The van der Waals surface area contributed by atoms with Gasteiger partial charge in [0, 0.05) is 43.5 Å². The van der Waals surface area contributed by atoms with Gasteiger partial charge >= 0.3 is 5.97 Å². The van der Waals surface area contributed by atoms with Crippen molar-refractivity contribution in [3.63, 3.8) is 0 Å². The minimum Gasteiger partial charge on any atom is -0.462 e. The van der Waals surface area contributed by atoms with E-state index in [1.807, 2.05) is 29.0 Å². The van der Waals surface area contributed by atoms with Gasteiger partial charge in [-0.25, -0.2) is 4.79 Å². The Kier molecular flexibility index (Phi) is 6.19. The van der Waals surface area contributed by atoms with Crippen LogP contribution in [0.4, 0.5) is 5.69 Å². The summed E-state index contributed by atoms with van der Waals surface area (Å²) in [7, 11) is 3.35. The van der Waals surface area contributed by atoms with Crippen LogP contribution in [0, 0.1) is 0 Å². The maximum absolute atomic E-state index is 12.6. The van der Waals surface area contributed by atoms with Crippen LogP contribution in [0.25, 0.3) is 16.6 Å². The number of nitrogens with two attached hydrogens (primary N) is 1. The summed E-state index contributed by atoms with van der Waals surface area (Å²) in [5, 5.41) is 0.797. The Morgan fingerprint density at radius 2 is 1.79 bits per heavy atom. The first-order chi connectivity index (χ1) is 14.0. The smallest absolute Gasteiger partial charge is 0.338 e. The topological polar surface area (TPSA) is 86.8 Å². The number of benzene rings is 2. The van der Waals surface area contributed by atoms with Gasteiger partial charge in [-0.05, 0) is 49.4 Å². The van der Waals surface area contributed by atoms with Gasteiger partial charge in [0.2, 0.25) is 0 Å². The summed E-state index contributed by atoms with van der Waals surface area (Å²) in [5.74, 6) is -0.438. The van der Waals surface area contributed by atoms with Gasteiger partial charge in [-0.1, -0.05) is 0 Å². The summed E-state index contributed by atoms with van der Waals surface area (Å²) in [6.07, 6.45) is 1.81. The van der Waals surface area contributed by atoms with Gasteiger partial charge in [0.1, 0.15) is 0 Å². The third-order valence-corrected chi connectivity index (χ3v) is 4.72. The Labute approximate surface area is 169 Å². The molecule has 2 N–H and O–H groups in total. The number of amides is 1. The molecule has 0 saturated heterocycles. The number of fused-ring (bicyclic) bond motifs is 1. The van der Waals surface area contributed by atoms with Crippen LogP contribution in [0.1, 0.15) is 27.6 Å². The number of aromatic nitrogens is 1. The molecule has 1 aromatic heterocycles. The summed E-state index contributed by atoms with van der Waals surface area (Å²) in [6, 6.07) is 12.6. The zero-order valence-corrected chi connectivity index (χ0v) is 16.8. The molecule has 0 fully saturated rings. The first-order valence-corrected chi connectivity index (χ1v) is 9.38. The molecule has 3 aromatic rings. The van der Waals surface area contributed by atoms with Gasteiger partial charge in [-0.3, -0.25) is 4.79 Å². The SMILES string of the molecule is CCOC(=O)c1ccc(-n2cc(N)c3cc(C(=O)N(C)CCOC)ccc32)cc1. The molecule has 152 valence electrons. The molecule has 0 atom stereocenters. The number of anilines is 1. The molecule has 0 saturated carbocycles. The lowest BCUT2D eigenvalue weighted by molar-refractivity contribution is 0.0526. The molecule has 0 bridgehead atoms. The standard InChI is InChI=1S/C22H25N3O4/c1-4-29-22(27)15-5-8-17(9-6-15)25-14-19(23)18-13-16(7-10-20(18)25)21(26)24(2)11-12-28-3/h5-10,13-14H,4,11-12,23H2,1-3H3. The molecule has 3 rings (SSSR count). The van der Waals surface area contributed by atoms with Crippen LogP contribution in [0.2, 0.25) is 0 Å². The van der Waals surface area contributed by atoms with E-state index >= 15 is 0 Å². The number of hydrogen-bond donors (Lipinski definition) is 1. The molecule has 0 aliphatic carbocycles. The Morgan fingerprint density at radius 3 is 2.45 bits per heavy atom. The van der Waals surface area contributed by atoms with E-state index in [9.17, 15) is 9.59 Å². The molecule has 0 aliphatic heterocycles. The van der Waals surface area contributed by atoms with Gasteiger partial charge in [-0.15, -0.1) is 0 Å². The van der Waals surface area contributed by atoms with E-state index < -0.39 is 0 Å². The van der Waals surface area contributed by atoms with Crippen molar-refractivity contribution in [1.82, 2.24) is 9.47 Å². The lowest BCUT2D eigenvalue weighted by atomic mass is 10.1. The van der Waals surface area contributed by atoms with Crippen molar-refractivity contribution >= 4 is 28.5 Å². The van der Waals surface area contributed by atoms with Crippen LogP contribution in [0.3, 0.4) is 0 Å². The summed E-state index contributed by atoms with van der Waals surface area (Å²) < 4.78 is 12.0. The second kappa shape index (κ2) is 8.79. The predicted octanol–water partition coefficient (Wildman–Crippen LogP) is 3.11. The maximum Gasteiger partial charge on any atom is 0.338 e. The minimum atomic E-state index is -0.350. The normalized spacial score (nSPS) is 10.9. The van der Waals surface area contributed by atoms with Crippen LogP contribution < -0.4 is 5.73 Å². The van der Waals surface area contributed by atoms with Crippen molar-refractivity contribution in [2.45, 2.75) is 6.92 Å². The van der Waals surface area contributed by atoms with Crippen molar-refractivity contribution in [3.8, 4) is 5.69 Å². The van der Waals surface area contributed by atoms with Gasteiger partial charge < -0.3 is 24.7 Å². The van der Waals surface area contributed by atoms with E-state index in [4.69, 9.17) is 15.2 Å². The van der Waals surface area contributed by atoms with E-state index in [2.05, 4.69) is 0 Å². The minimum absolute atomic E-state index is 0.0881. The third-order valence-electron chi connectivity index (χ3n) is 4.72. The lowest BCUT2D eigenvalue weighted by Crippen LogP contribution is -2.29. The fraction of sp³-hybridized carbons (Fsp3) is 0.273. The first kappa shape index (κ1) is 20.4. The van der Waals surface area contributed by atoms with Crippen molar-refractivity contribution in [2.75, 3.05) is 39.6 Å². The maximum atomic E-state index is 12.6. The van der Waals surface area contributed by atoms with E-state index in [1.54, 1.807) is 50.2 Å². The van der Waals surface area contributed by atoms with E-state index in [0.717, 1.165) is 16.6 Å². The van der Waals surface area contributed by atoms with E-state index in [1.165, 1.54) is 0 Å². The van der Waals surface area contributed by atoms with Crippen molar-refractivity contribution < 1.29 is 19.1 Å². The summed E-state index contributed by atoms with van der Waals surface area (Å²) >= 11 is 0. The number of rotatable bonds is 7.